The second-order valence-electron chi connectivity index (χ2n) is 7.13. The third-order valence-electron chi connectivity index (χ3n) is 4.92. The molecule has 2 N–H and O–H groups in total. The zero-order chi connectivity index (χ0) is 18.9. The molecule has 0 aliphatic carbocycles. The van der Waals surface area contributed by atoms with Gasteiger partial charge in [0.25, 0.3) is 0 Å². The van der Waals surface area contributed by atoms with E-state index in [1.54, 1.807) is 0 Å². The van der Waals surface area contributed by atoms with Gasteiger partial charge in [-0.2, -0.15) is 0 Å². The van der Waals surface area contributed by atoms with Gasteiger partial charge in [-0.05, 0) is 18.8 Å². The van der Waals surface area contributed by atoms with Crippen LogP contribution in [0.1, 0.15) is 103 Å². The van der Waals surface area contributed by atoms with E-state index in [2.05, 4.69) is 6.92 Å². The Morgan fingerprint density at radius 3 is 1.68 bits per heavy atom. The summed E-state index contributed by atoms with van der Waals surface area (Å²) in [4.78, 5) is 21.0. The first-order valence-corrected chi connectivity index (χ1v) is 10.5. The second-order valence-corrected chi connectivity index (χ2v) is 7.65. The predicted octanol–water partition coefficient (Wildman–Crippen LogP) is 6.25. The van der Waals surface area contributed by atoms with E-state index in [4.69, 9.17) is 21.8 Å². The lowest BCUT2D eigenvalue weighted by molar-refractivity contribution is -0.138. The molecule has 0 saturated carbocycles. The smallest absolute Gasteiger partial charge is 0.321 e. The number of carboxylic acid groups (broad SMARTS) is 2. The second kappa shape index (κ2) is 16.7. The number of halogens is 1. The Kier molecular flexibility index (Phi) is 16.2. The van der Waals surface area contributed by atoms with Crippen LogP contribution in [0.15, 0.2) is 0 Å². The van der Waals surface area contributed by atoms with Gasteiger partial charge in [0, 0.05) is 6.42 Å². The van der Waals surface area contributed by atoms with E-state index in [0.29, 0.717) is 12.8 Å². The maximum Gasteiger partial charge on any atom is 0.321 e. The quantitative estimate of drug-likeness (QED) is 0.219. The van der Waals surface area contributed by atoms with Gasteiger partial charge in [-0.15, -0.1) is 11.6 Å². The molecule has 0 aliphatic heterocycles. The molecule has 2 unspecified atom stereocenters. The van der Waals surface area contributed by atoms with Crippen molar-refractivity contribution >= 4 is 23.5 Å². The summed E-state index contributed by atoms with van der Waals surface area (Å²) in [5.74, 6) is -0.799. The summed E-state index contributed by atoms with van der Waals surface area (Å²) < 4.78 is 0. The monoisotopic (exact) mass is 376 g/mol. The highest BCUT2D eigenvalue weighted by molar-refractivity contribution is 6.29. The maximum atomic E-state index is 10.6. The first kappa shape index (κ1) is 24.2. The minimum absolute atomic E-state index is 0.306. The summed E-state index contributed by atoms with van der Waals surface area (Å²) in [6.07, 6.45) is 15.8. The lowest BCUT2D eigenvalue weighted by Crippen LogP contribution is -2.12. The van der Waals surface area contributed by atoms with Gasteiger partial charge in [-0.1, -0.05) is 84.0 Å². The van der Waals surface area contributed by atoms with Gasteiger partial charge in [0.05, 0.1) is 0 Å². The molecule has 0 bridgehead atoms. The lowest BCUT2D eigenvalue weighted by Gasteiger charge is -2.14. The van der Waals surface area contributed by atoms with Crippen LogP contribution in [0.2, 0.25) is 0 Å². The van der Waals surface area contributed by atoms with Crippen LogP contribution in [0.4, 0.5) is 0 Å². The standard InChI is InChI=1S/C20H37ClO4/c1-2-17(14-10-8-11-15-18(21)20(24)25)13-9-6-4-3-5-7-12-16-19(22)23/h17-18H,2-16H2,1H3,(H,22,23)(H,24,25). The summed E-state index contributed by atoms with van der Waals surface area (Å²) >= 11 is 5.71. The fourth-order valence-electron chi connectivity index (χ4n) is 3.20. The van der Waals surface area contributed by atoms with Crippen LogP contribution in [-0.4, -0.2) is 27.5 Å². The lowest BCUT2D eigenvalue weighted by atomic mass is 9.92. The van der Waals surface area contributed by atoms with Crippen LogP contribution in [0.25, 0.3) is 0 Å². The zero-order valence-electron chi connectivity index (χ0n) is 15.9. The fraction of sp³-hybridized carbons (Fsp3) is 0.900. The molecule has 0 aromatic carbocycles. The van der Waals surface area contributed by atoms with Crippen LogP contribution in [0.5, 0.6) is 0 Å². The molecular weight excluding hydrogens is 340 g/mol. The van der Waals surface area contributed by atoms with Crippen LogP contribution in [0.3, 0.4) is 0 Å². The third kappa shape index (κ3) is 16.4. The van der Waals surface area contributed by atoms with Gasteiger partial charge in [-0.3, -0.25) is 9.59 Å². The first-order chi connectivity index (χ1) is 12.0. The number of aliphatic carboxylic acids is 2. The Morgan fingerprint density at radius 2 is 1.20 bits per heavy atom. The molecule has 0 radical (unpaired) electrons. The SMILES string of the molecule is CCC(CCCCCCCCCC(=O)O)CCCCCC(Cl)C(=O)O. The highest BCUT2D eigenvalue weighted by Crippen LogP contribution is 2.22. The van der Waals surface area contributed by atoms with E-state index in [9.17, 15) is 9.59 Å². The van der Waals surface area contributed by atoms with E-state index in [0.717, 1.165) is 38.0 Å². The van der Waals surface area contributed by atoms with Crippen molar-refractivity contribution < 1.29 is 19.8 Å². The largest absolute Gasteiger partial charge is 0.481 e. The van der Waals surface area contributed by atoms with E-state index in [-0.39, 0.29) is 0 Å². The van der Waals surface area contributed by atoms with Crippen molar-refractivity contribution in [1.82, 2.24) is 0 Å². The molecule has 2 atom stereocenters. The molecule has 0 amide bonds. The van der Waals surface area contributed by atoms with Crippen LogP contribution < -0.4 is 0 Å². The number of rotatable bonds is 18. The number of unbranched alkanes of at least 4 members (excludes halogenated alkanes) is 8. The average molecular weight is 377 g/mol. The molecule has 0 rings (SSSR count). The van der Waals surface area contributed by atoms with Gasteiger partial charge in [0.1, 0.15) is 5.38 Å². The minimum atomic E-state index is -0.907. The van der Waals surface area contributed by atoms with Crippen molar-refractivity contribution in [2.24, 2.45) is 5.92 Å². The minimum Gasteiger partial charge on any atom is -0.481 e. The molecule has 0 heterocycles. The molecule has 25 heavy (non-hydrogen) atoms. The van der Waals surface area contributed by atoms with Gasteiger partial charge in [-0.25, -0.2) is 0 Å². The van der Waals surface area contributed by atoms with Crippen molar-refractivity contribution in [3.8, 4) is 0 Å². The Labute approximate surface area is 158 Å². The highest BCUT2D eigenvalue weighted by Gasteiger charge is 2.12. The number of alkyl halides is 1. The molecule has 0 saturated heterocycles. The van der Waals surface area contributed by atoms with E-state index < -0.39 is 17.3 Å². The van der Waals surface area contributed by atoms with E-state index in [1.807, 2.05) is 0 Å². The molecular formula is C20H37ClO4. The number of hydrogen-bond acceptors (Lipinski definition) is 2. The molecule has 0 aromatic rings. The number of hydrogen-bond donors (Lipinski definition) is 2. The van der Waals surface area contributed by atoms with Gasteiger partial charge in [0.15, 0.2) is 0 Å². The number of carbonyl (C=O) groups is 2. The molecule has 148 valence electrons. The summed E-state index contributed by atoms with van der Waals surface area (Å²) in [6.45, 7) is 2.26. The maximum absolute atomic E-state index is 10.6. The zero-order valence-corrected chi connectivity index (χ0v) is 16.6. The van der Waals surface area contributed by atoms with Gasteiger partial charge >= 0.3 is 11.9 Å². The summed E-state index contributed by atoms with van der Waals surface area (Å²) in [5.41, 5.74) is 0. The van der Waals surface area contributed by atoms with E-state index >= 15 is 0 Å². The third-order valence-corrected chi connectivity index (χ3v) is 5.32. The Morgan fingerprint density at radius 1 is 0.760 bits per heavy atom. The van der Waals surface area contributed by atoms with Gasteiger partial charge in [0.2, 0.25) is 0 Å². The van der Waals surface area contributed by atoms with E-state index in [1.165, 1.54) is 51.4 Å². The van der Waals surface area contributed by atoms with Crippen molar-refractivity contribution in [1.29, 1.82) is 0 Å². The van der Waals surface area contributed by atoms with Crippen LogP contribution in [-0.2, 0) is 9.59 Å². The molecule has 0 spiro atoms. The summed E-state index contributed by atoms with van der Waals surface area (Å²) in [6, 6.07) is 0. The molecule has 0 aliphatic rings. The van der Waals surface area contributed by atoms with Crippen LogP contribution in [0, 0.1) is 5.92 Å². The van der Waals surface area contributed by atoms with Crippen molar-refractivity contribution in [3.05, 3.63) is 0 Å². The predicted molar refractivity (Wildman–Crippen MR) is 103 cm³/mol. The molecule has 0 fully saturated rings. The molecule has 4 nitrogen and oxygen atoms in total. The van der Waals surface area contributed by atoms with Crippen molar-refractivity contribution in [2.75, 3.05) is 0 Å². The van der Waals surface area contributed by atoms with Crippen molar-refractivity contribution in [2.45, 2.75) is 109 Å². The normalized spacial score (nSPS) is 13.5. The summed E-state index contributed by atoms with van der Waals surface area (Å²) in [7, 11) is 0. The van der Waals surface area contributed by atoms with Crippen LogP contribution >= 0.6 is 11.6 Å². The fourth-order valence-corrected chi connectivity index (χ4v) is 3.36. The van der Waals surface area contributed by atoms with Crippen molar-refractivity contribution in [3.63, 3.8) is 0 Å². The molecule has 0 aromatic heterocycles. The highest BCUT2D eigenvalue weighted by atomic mass is 35.5. The van der Waals surface area contributed by atoms with Gasteiger partial charge < -0.3 is 10.2 Å². The molecule has 5 heteroatoms. The topological polar surface area (TPSA) is 74.6 Å². The Hall–Kier alpha value is -0.770. The summed E-state index contributed by atoms with van der Waals surface area (Å²) in [5, 5.41) is 16.6. The Balaban J connectivity index is 3.44. The average Bonchev–Trinajstić information content (AvgIpc) is 2.57. The first-order valence-electron chi connectivity index (χ1n) is 10.1. The number of carboxylic acids is 2. The Bertz CT molecular complexity index is 347.